The first kappa shape index (κ1) is 23.6. The molecule has 1 fully saturated rings. The second kappa shape index (κ2) is 10.5. The third kappa shape index (κ3) is 5.23. The van der Waals surface area contributed by atoms with Crippen molar-refractivity contribution in [2.75, 3.05) is 20.8 Å². The molecule has 0 aromatic heterocycles. The highest BCUT2D eigenvalue weighted by atomic mass is 127. The number of carbonyl (C=O) groups excluding carboxylic acids is 3. The van der Waals surface area contributed by atoms with Gasteiger partial charge in [-0.3, -0.25) is 19.3 Å². The molecular formula is C22H17IN2O6S. The molecule has 2 aromatic rings. The van der Waals surface area contributed by atoms with Gasteiger partial charge < -0.3 is 14.2 Å². The summed E-state index contributed by atoms with van der Waals surface area (Å²) in [5.74, 6) is -0.305. The SMILES string of the molecule is COC(=O)CN1C(=O)S/C(=C/c2cc(I)c(OCc3ccccc3C#N)c(OC)c2)C1=O. The maximum Gasteiger partial charge on any atom is 0.325 e. The molecule has 0 N–H and O–H groups in total. The van der Waals surface area contributed by atoms with Gasteiger partial charge >= 0.3 is 5.97 Å². The third-order valence-electron chi connectivity index (χ3n) is 4.45. The molecule has 0 unspecified atom stereocenters. The zero-order valence-electron chi connectivity index (χ0n) is 17.1. The average Bonchev–Trinajstić information content (AvgIpc) is 3.05. The Morgan fingerprint density at radius 1 is 1.25 bits per heavy atom. The van der Waals surface area contributed by atoms with Crippen molar-refractivity contribution in [3.8, 4) is 17.6 Å². The number of nitrogens with zero attached hydrogens (tertiary/aromatic N) is 2. The molecule has 2 aromatic carbocycles. The lowest BCUT2D eigenvalue weighted by Gasteiger charge is -2.14. The number of hydrogen-bond donors (Lipinski definition) is 0. The van der Waals surface area contributed by atoms with Crippen molar-refractivity contribution in [3.05, 3.63) is 61.6 Å². The van der Waals surface area contributed by atoms with Crippen LogP contribution in [0.4, 0.5) is 4.79 Å². The summed E-state index contributed by atoms with van der Waals surface area (Å²) in [6.07, 6.45) is 1.56. The Morgan fingerprint density at radius 3 is 2.69 bits per heavy atom. The number of amides is 2. The van der Waals surface area contributed by atoms with Crippen molar-refractivity contribution in [1.82, 2.24) is 4.90 Å². The van der Waals surface area contributed by atoms with Crippen molar-refractivity contribution in [2.45, 2.75) is 6.61 Å². The Labute approximate surface area is 202 Å². The van der Waals surface area contributed by atoms with Gasteiger partial charge in [0.1, 0.15) is 13.2 Å². The highest BCUT2D eigenvalue weighted by molar-refractivity contribution is 14.1. The van der Waals surface area contributed by atoms with Gasteiger partial charge in [-0.1, -0.05) is 18.2 Å². The Balaban J connectivity index is 1.83. The van der Waals surface area contributed by atoms with Crippen molar-refractivity contribution >= 4 is 57.5 Å². The first-order chi connectivity index (χ1) is 15.4. The van der Waals surface area contributed by atoms with Crippen LogP contribution in [0.15, 0.2) is 41.3 Å². The Bertz CT molecular complexity index is 1160. The highest BCUT2D eigenvalue weighted by Crippen LogP contribution is 2.37. The van der Waals surface area contributed by atoms with Crippen molar-refractivity contribution in [3.63, 3.8) is 0 Å². The van der Waals surface area contributed by atoms with E-state index in [0.29, 0.717) is 22.6 Å². The van der Waals surface area contributed by atoms with Gasteiger partial charge in [0.05, 0.1) is 34.3 Å². The van der Waals surface area contributed by atoms with Crippen LogP contribution in [0.25, 0.3) is 6.08 Å². The van der Waals surface area contributed by atoms with E-state index in [9.17, 15) is 19.6 Å². The molecule has 2 amide bonds. The zero-order valence-corrected chi connectivity index (χ0v) is 20.1. The molecule has 0 radical (unpaired) electrons. The van der Waals surface area contributed by atoms with Gasteiger partial charge in [-0.05, 0) is 64.2 Å². The largest absolute Gasteiger partial charge is 0.493 e. The number of imide groups is 1. The highest BCUT2D eigenvalue weighted by Gasteiger charge is 2.36. The lowest BCUT2D eigenvalue weighted by Crippen LogP contribution is -2.34. The van der Waals surface area contributed by atoms with Crippen molar-refractivity contribution in [2.24, 2.45) is 0 Å². The van der Waals surface area contributed by atoms with E-state index in [-0.39, 0.29) is 11.5 Å². The number of ether oxygens (including phenoxy) is 3. The number of esters is 1. The summed E-state index contributed by atoms with van der Waals surface area (Å²) in [6.45, 7) is -0.252. The van der Waals surface area contributed by atoms with Gasteiger partial charge in [0.15, 0.2) is 11.5 Å². The Morgan fingerprint density at radius 2 is 2.00 bits per heavy atom. The molecule has 32 heavy (non-hydrogen) atoms. The van der Waals surface area contributed by atoms with E-state index in [1.165, 1.54) is 14.2 Å². The number of thioether (sulfide) groups is 1. The fraction of sp³-hybridized carbons (Fsp3) is 0.182. The van der Waals surface area contributed by atoms with Crippen LogP contribution in [-0.2, 0) is 20.9 Å². The molecule has 8 nitrogen and oxygen atoms in total. The molecule has 1 aliphatic heterocycles. The van der Waals surface area contributed by atoms with Crippen molar-refractivity contribution in [1.29, 1.82) is 5.26 Å². The summed E-state index contributed by atoms with van der Waals surface area (Å²) >= 11 is 2.84. The predicted octanol–water partition coefficient (Wildman–Crippen LogP) is 3.96. The minimum atomic E-state index is -0.677. The van der Waals surface area contributed by atoms with E-state index >= 15 is 0 Å². The average molecular weight is 564 g/mol. The molecule has 164 valence electrons. The number of hydrogen-bond acceptors (Lipinski definition) is 8. The number of nitriles is 1. The molecule has 1 aliphatic rings. The first-order valence-corrected chi connectivity index (χ1v) is 11.1. The fourth-order valence-electron chi connectivity index (χ4n) is 2.85. The lowest BCUT2D eigenvalue weighted by molar-refractivity contribution is -0.143. The monoisotopic (exact) mass is 564 g/mol. The fourth-order valence-corrected chi connectivity index (χ4v) is 4.47. The number of methoxy groups -OCH3 is 2. The lowest BCUT2D eigenvalue weighted by atomic mass is 10.1. The molecular weight excluding hydrogens is 547 g/mol. The van der Waals surface area contributed by atoms with Crippen LogP contribution in [0.2, 0.25) is 0 Å². The smallest absolute Gasteiger partial charge is 0.325 e. The van der Waals surface area contributed by atoms with Crippen LogP contribution in [0.1, 0.15) is 16.7 Å². The van der Waals surface area contributed by atoms with Gasteiger partial charge in [0.2, 0.25) is 0 Å². The van der Waals surface area contributed by atoms with Crippen LogP contribution in [0.5, 0.6) is 11.5 Å². The van der Waals surface area contributed by atoms with E-state index in [4.69, 9.17) is 9.47 Å². The summed E-state index contributed by atoms with van der Waals surface area (Å²) < 4.78 is 16.6. The minimum Gasteiger partial charge on any atom is -0.493 e. The maximum atomic E-state index is 12.5. The number of rotatable bonds is 7. The zero-order chi connectivity index (χ0) is 23.3. The maximum absolute atomic E-state index is 12.5. The van der Waals surface area contributed by atoms with Crippen LogP contribution in [-0.4, -0.2) is 42.8 Å². The molecule has 0 spiro atoms. The quantitative estimate of drug-likeness (QED) is 0.283. The van der Waals surface area contributed by atoms with Crippen LogP contribution < -0.4 is 9.47 Å². The van der Waals surface area contributed by atoms with Crippen LogP contribution in [0, 0.1) is 14.9 Å². The van der Waals surface area contributed by atoms with E-state index in [1.807, 2.05) is 12.1 Å². The Hall–Kier alpha value is -3.04. The summed E-state index contributed by atoms with van der Waals surface area (Å²) in [7, 11) is 2.68. The first-order valence-electron chi connectivity index (χ1n) is 9.18. The summed E-state index contributed by atoms with van der Waals surface area (Å²) in [6, 6.07) is 12.8. The standard InChI is InChI=1S/C22H17IN2O6S/c1-29-17-8-13(9-18-21(27)25(22(28)32-18)11-19(26)30-2)7-16(23)20(17)31-12-15-6-4-3-5-14(15)10-24/h3-9H,11-12H2,1-2H3/b18-9+. The second-order valence-electron chi connectivity index (χ2n) is 6.44. The molecule has 1 saturated heterocycles. The summed E-state index contributed by atoms with van der Waals surface area (Å²) in [5, 5.41) is 8.71. The molecule has 10 heteroatoms. The van der Waals surface area contributed by atoms with Gasteiger partial charge in [0.25, 0.3) is 11.1 Å². The summed E-state index contributed by atoms with van der Waals surface area (Å²) in [4.78, 5) is 37.1. The van der Waals surface area contributed by atoms with Crippen LogP contribution in [0.3, 0.4) is 0 Å². The number of halogens is 1. The normalized spacial score (nSPS) is 14.4. The number of benzene rings is 2. The van der Waals surface area contributed by atoms with Crippen molar-refractivity contribution < 1.29 is 28.6 Å². The van der Waals surface area contributed by atoms with Gasteiger partial charge in [-0.2, -0.15) is 5.26 Å². The molecule has 0 bridgehead atoms. The Kier molecular flexibility index (Phi) is 7.76. The van der Waals surface area contributed by atoms with E-state index in [2.05, 4.69) is 33.4 Å². The van der Waals surface area contributed by atoms with Gasteiger partial charge in [0, 0.05) is 5.56 Å². The van der Waals surface area contributed by atoms with E-state index in [0.717, 1.165) is 25.8 Å². The molecule has 3 rings (SSSR count). The van der Waals surface area contributed by atoms with E-state index in [1.54, 1.807) is 30.3 Å². The van der Waals surface area contributed by atoms with Crippen LogP contribution >= 0.6 is 34.4 Å². The molecule has 0 atom stereocenters. The topological polar surface area (TPSA) is 106 Å². The van der Waals surface area contributed by atoms with E-state index < -0.39 is 23.7 Å². The van der Waals surface area contributed by atoms with Gasteiger partial charge in [-0.25, -0.2) is 0 Å². The minimum absolute atomic E-state index is 0.182. The third-order valence-corrected chi connectivity index (χ3v) is 6.16. The van der Waals surface area contributed by atoms with Gasteiger partial charge in [-0.15, -0.1) is 0 Å². The molecule has 0 aliphatic carbocycles. The predicted molar refractivity (Wildman–Crippen MR) is 126 cm³/mol. The second-order valence-corrected chi connectivity index (χ2v) is 8.59. The number of carbonyl (C=O) groups is 3. The molecule has 0 saturated carbocycles. The molecule has 1 heterocycles. The summed E-state index contributed by atoms with van der Waals surface area (Å²) in [5.41, 5.74) is 1.90.